The summed E-state index contributed by atoms with van der Waals surface area (Å²) in [6.45, 7) is 8.36. The van der Waals surface area contributed by atoms with Gasteiger partial charge in [-0.1, -0.05) is 20.3 Å². The van der Waals surface area contributed by atoms with Crippen LogP contribution in [0.1, 0.15) is 59.3 Å². The number of carbonyl (C=O) groups is 1. The minimum atomic E-state index is 0.250. The Hall–Kier alpha value is -0.450. The van der Waals surface area contributed by atoms with Crippen LogP contribution in [0.3, 0.4) is 0 Å². The predicted octanol–water partition coefficient (Wildman–Crippen LogP) is 2.34. The maximum atomic E-state index is 9.74. The van der Waals surface area contributed by atoms with Crippen LogP contribution in [0.25, 0.3) is 0 Å². The topological polar surface area (TPSA) is 75.3 Å². The van der Waals surface area contributed by atoms with E-state index in [0.29, 0.717) is 6.42 Å². The summed E-state index contributed by atoms with van der Waals surface area (Å²) in [5.74, 6) is 0.864. The highest BCUT2D eigenvalue weighted by Gasteiger charge is 1.90. The third kappa shape index (κ3) is 46.5. The number of rotatable bonds is 9. The van der Waals surface area contributed by atoms with Gasteiger partial charge in [0.25, 0.3) is 0 Å². The van der Waals surface area contributed by atoms with Crippen molar-refractivity contribution in [2.24, 2.45) is 11.7 Å². The first kappa shape index (κ1) is 23.6. The molecule has 0 aromatic rings. The zero-order valence-electron chi connectivity index (χ0n) is 13.5. The first-order chi connectivity index (χ1) is 9.10. The largest absolute Gasteiger partial charge is 0.397 e. The Kier molecular flexibility index (Phi) is 32.6. The molecule has 0 spiro atoms. The smallest absolute Gasteiger partial charge is 0.119 e. The fourth-order valence-electron chi connectivity index (χ4n) is 1.24. The number of nitrogens with one attached hydrogen (secondary N) is 1. The van der Waals surface area contributed by atoms with Gasteiger partial charge >= 0.3 is 0 Å². The summed E-state index contributed by atoms with van der Waals surface area (Å²) in [4.78, 5) is 9.74. The van der Waals surface area contributed by atoms with E-state index >= 15 is 0 Å². The monoisotopic (exact) mass is 276 g/mol. The van der Waals surface area contributed by atoms with Crippen LogP contribution in [0, 0.1) is 5.92 Å². The molecule has 0 atom stereocenters. The summed E-state index contributed by atoms with van der Waals surface area (Å²) >= 11 is 0. The molecule has 0 aliphatic heterocycles. The van der Waals surface area contributed by atoms with E-state index < -0.39 is 0 Å². The summed E-state index contributed by atoms with van der Waals surface area (Å²) in [5, 5.41) is 10.7. The van der Waals surface area contributed by atoms with Gasteiger partial charge in [0, 0.05) is 13.0 Å². The van der Waals surface area contributed by atoms with E-state index in [1.54, 1.807) is 6.92 Å². The Morgan fingerprint density at radius 3 is 2.16 bits per heavy atom. The van der Waals surface area contributed by atoms with Crippen molar-refractivity contribution in [1.82, 2.24) is 5.32 Å². The molecule has 0 saturated heterocycles. The number of nitrogens with two attached hydrogens (primary N) is 1. The maximum absolute atomic E-state index is 9.74. The van der Waals surface area contributed by atoms with Gasteiger partial charge in [0.05, 0.1) is 0 Å². The van der Waals surface area contributed by atoms with E-state index in [2.05, 4.69) is 19.2 Å². The first-order valence-electron chi connectivity index (χ1n) is 7.49. The minimum absolute atomic E-state index is 0.250. The molecule has 0 aromatic carbocycles. The molecule has 118 valence electrons. The second-order valence-electron chi connectivity index (χ2n) is 4.76. The van der Waals surface area contributed by atoms with Crippen molar-refractivity contribution in [3.63, 3.8) is 0 Å². The molecule has 0 heterocycles. The van der Waals surface area contributed by atoms with Crippen LogP contribution in [-0.2, 0) is 4.79 Å². The number of aliphatic hydroxyl groups excluding tert-OH is 1. The summed E-state index contributed by atoms with van der Waals surface area (Å²) in [7, 11) is 2.00. The normalized spacial score (nSPS) is 9.21. The molecule has 0 radical (unpaired) electrons. The van der Waals surface area contributed by atoms with Crippen molar-refractivity contribution in [2.45, 2.75) is 59.3 Å². The molecule has 4 N–H and O–H groups in total. The third-order valence-corrected chi connectivity index (χ3v) is 2.23. The molecule has 0 fully saturated rings. The molecule has 0 saturated carbocycles. The molecular formula is C15H36N2O2. The Labute approximate surface area is 120 Å². The zero-order chi connectivity index (χ0) is 15.4. The lowest BCUT2D eigenvalue weighted by atomic mass is 10.1. The zero-order valence-corrected chi connectivity index (χ0v) is 13.5. The van der Waals surface area contributed by atoms with Crippen LogP contribution in [0.15, 0.2) is 0 Å². The van der Waals surface area contributed by atoms with Crippen LogP contribution in [0.5, 0.6) is 0 Å². The van der Waals surface area contributed by atoms with Gasteiger partial charge in [0.1, 0.15) is 6.29 Å². The van der Waals surface area contributed by atoms with Crippen molar-refractivity contribution < 1.29 is 9.90 Å². The molecular weight excluding hydrogens is 240 g/mol. The number of aldehydes is 1. The van der Waals surface area contributed by atoms with Gasteiger partial charge in [0.15, 0.2) is 0 Å². The van der Waals surface area contributed by atoms with Gasteiger partial charge in [-0.2, -0.15) is 0 Å². The lowest BCUT2D eigenvalue weighted by molar-refractivity contribution is -0.107. The van der Waals surface area contributed by atoms with E-state index in [1.165, 1.54) is 12.8 Å². The lowest BCUT2D eigenvalue weighted by Gasteiger charge is -2.01. The SMILES string of the molecule is CCO.CNCCCC(C)C.NCCCCCC=O. The molecule has 0 unspecified atom stereocenters. The fraction of sp³-hybridized carbons (Fsp3) is 0.933. The van der Waals surface area contributed by atoms with Gasteiger partial charge in [-0.3, -0.25) is 0 Å². The number of aliphatic hydroxyl groups is 1. The Morgan fingerprint density at radius 1 is 1.21 bits per heavy atom. The Bertz CT molecular complexity index is 142. The number of hydrogen-bond acceptors (Lipinski definition) is 4. The number of unbranched alkanes of at least 4 members (excludes halogenated alkanes) is 3. The molecule has 4 nitrogen and oxygen atoms in total. The van der Waals surface area contributed by atoms with Crippen LogP contribution in [0.2, 0.25) is 0 Å². The molecule has 0 aliphatic carbocycles. The van der Waals surface area contributed by atoms with E-state index in [0.717, 1.165) is 44.6 Å². The van der Waals surface area contributed by atoms with Gasteiger partial charge in [-0.05, 0) is 58.7 Å². The van der Waals surface area contributed by atoms with Gasteiger partial charge in [-0.15, -0.1) is 0 Å². The molecule has 19 heavy (non-hydrogen) atoms. The summed E-state index contributed by atoms with van der Waals surface area (Å²) in [6, 6.07) is 0. The third-order valence-electron chi connectivity index (χ3n) is 2.23. The average molecular weight is 276 g/mol. The first-order valence-corrected chi connectivity index (χ1v) is 7.49. The highest BCUT2D eigenvalue weighted by atomic mass is 16.2. The summed E-state index contributed by atoms with van der Waals surface area (Å²) in [6.07, 6.45) is 7.45. The molecule has 0 rings (SSSR count). The quantitative estimate of drug-likeness (QED) is 0.446. The van der Waals surface area contributed by atoms with Crippen molar-refractivity contribution in [1.29, 1.82) is 0 Å². The van der Waals surface area contributed by atoms with E-state index in [9.17, 15) is 4.79 Å². The number of hydrogen-bond donors (Lipinski definition) is 3. The molecule has 0 bridgehead atoms. The Balaban J connectivity index is -0.000000224. The average Bonchev–Trinajstić information content (AvgIpc) is 2.37. The Morgan fingerprint density at radius 2 is 1.79 bits per heavy atom. The van der Waals surface area contributed by atoms with Gasteiger partial charge in [0.2, 0.25) is 0 Å². The van der Waals surface area contributed by atoms with Crippen LogP contribution >= 0.6 is 0 Å². The number of carbonyl (C=O) groups excluding carboxylic acids is 1. The lowest BCUT2D eigenvalue weighted by Crippen LogP contribution is -2.08. The van der Waals surface area contributed by atoms with E-state index in [1.807, 2.05) is 7.05 Å². The molecule has 0 amide bonds. The van der Waals surface area contributed by atoms with Gasteiger partial charge in [-0.25, -0.2) is 0 Å². The maximum Gasteiger partial charge on any atom is 0.119 e. The second kappa shape index (κ2) is 26.2. The molecule has 0 aromatic heterocycles. The molecule has 0 aliphatic rings. The highest BCUT2D eigenvalue weighted by Crippen LogP contribution is 2.01. The van der Waals surface area contributed by atoms with E-state index in [4.69, 9.17) is 10.8 Å². The summed E-state index contributed by atoms with van der Waals surface area (Å²) < 4.78 is 0. The second-order valence-corrected chi connectivity index (χ2v) is 4.76. The van der Waals surface area contributed by atoms with Crippen molar-refractivity contribution in [3.8, 4) is 0 Å². The predicted molar refractivity (Wildman–Crippen MR) is 84.3 cm³/mol. The fourth-order valence-corrected chi connectivity index (χ4v) is 1.24. The van der Waals surface area contributed by atoms with E-state index in [-0.39, 0.29) is 6.61 Å². The highest BCUT2D eigenvalue weighted by molar-refractivity contribution is 5.48. The van der Waals surface area contributed by atoms with Crippen molar-refractivity contribution in [3.05, 3.63) is 0 Å². The van der Waals surface area contributed by atoms with Crippen LogP contribution in [0.4, 0.5) is 0 Å². The van der Waals surface area contributed by atoms with Crippen LogP contribution < -0.4 is 11.1 Å². The van der Waals surface area contributed by atoms with Gasteiger partial charge < -0.3 is 21.0 Å². The standard InChI is InChI=1S/C7H17N.C6H13NO.C2H6O/c1-7(2)5-4-6-8-3;7-5-3-1-2-4-6-8;1-2-3/h7-8H,4-6H2,1-3H3;6H,1-5,7H2;3H,2H2,1H3. The van der Waals surface area contributed by atoms with Crippen molar-refractivity contribution >= 4 is 6.29 Å². The summed E-state index contributed by atoms with van der Waals surface area (Å²) in [5.41, 5.74) is 5.22. The minimum Gasteiger partial charge on any atom is -0.397 e. The van der Waals surface area contributed by atoms with Crippen LogP contribution in [-0.4, -0.2) is 38.1 Å². The van der Waals surface area contributed by atoms with Crippen molar-refractivity contribution in [2.75, 3.05) is 26.7 Å². The molecule has 4 heteroatoms.